The number of hydrogen-bond acceptors (Lipinski definition) is 6. The van der Waals surface area contributed by atoms with Crippen LogP contribution in [0.3, 0.4) is 0 Å². The van der Waals surface area contributed by atoms with Crippen LogP contribution in [-0.2, 0) is 4.84 Å². The van der Waals surface area contributed by atoms with Crippen molar-refractivity contribution in [3.63, 3.8) is 0 Å². The Morgan fingerprint density at radius 1 is 1.38 bits per heavy atom. The molecule has 1 amide bonds. The van der Waals surface area contributed by atoms with Gasteiger partial charge in [-0.3, -0.25) is 10.1 Å². The second-order valence-corrected chi connectivity index (χ2v) is 5.72. The maximum absolute atomic E-state index is 12.1. The molecule has 1 aliphatic carbocycles. The van der Waals surface area contributed by atoms with Crippen LogP contribution in [0.15, 0.2) is 29.4 Å². The van der Waals surface area contributed by atoms with Crippen molar-refractivity contribution >= 4 is 28.6 Å². The van der Waals surface area contributed by atoms with Gasteiger partial charge in [-0.2, -0.15) is 0 Å². The van der Waals surface area contributed by atoms with E-state index in [4.69, 9.17) is 0 Å². The van der Waals surface area contributed by atoms with Gasteiger partial charge in [-0.25, -0.2) is 0 Å². The van der Waals surface area contributed by atoms with Crippen LogP contribution in [-0.4, -0.2) is 29.4 Å². The molecule has 0 atom stereocenters. The number of amides is 1. The minimum absolute atomic E-state index is 0.191. The van der Waals surface area contributed by atoms with Crippen molar-refractivity contribution in [2.45, 2.75) is 18.8 Å². The molecule has 2 aromatic rings. The van der Waals surface area contributed by atoms with Gasteiger partial charge in [0.05, 0.1) is 6.21 Å². The average molecular weight is 302 g/mol. The number of carbonyl (C=O) groups excluding carboxylic acids is 1. The summed E-state index contributed by atoms with van der Waals surface area (Å²) in [5, 5.41) is 16.1. The number of nitrogens with zero attached hydrogens (tertiary/aromatic N) is 3. The molecule has 1 aliphatic rings. The molecule has 0 saturated heterocycles. The zero-order valence-corrected chi connectivity index (χ0v) is 12.3. The van der Waals surface area contributed by atoms with Crippen molar-refractivity contribution in [1.29, 1.82) is 0 Å². The van der Waals surface area contributed by atoms with Crippen molar-refractivity contribution in [2.75, 3.05) is 12.4 Å². The molecular formula is C14H14N4O2S. The third-order valence-electron chi connectivity index (χ3n) is 3.07. The van der Waals surface area contributed by atoms with Gasteiger partial charge in [-0.05, 0) is 30.5 Å². The maximum atomic E-state index is 12.1. The summed E-state index contributed by atoms with van der Waals surface area (Å²) in [5.74, 6) is 0.358. The Balaban J connectivity index is 1.65. The molecule has 0 unspecified atom stereocenters. The molecule has 0 aliphatic heterocycles. The van der Waals surface area contributed by atoms with E-state index in [1.807, 2.05) is 0 Å². The van der Waals surface area contributed by atoms with Gasteiger partial charge in [0.15, 0.2) is 0 Å². The normalized spacial score (nSPS) is 14.3. The summed E-state index contributed by atoms with van der Waals surface area (Å²) < 4.78 is 0. The molecule has 0 spiro atoms. The molecule has 1 N–H and O–H groups in total. The van der Waals surface area contributed by atoms with Gasteiger partial charge in [0, 0.05) is 11.5 Å². The summed E-state index contributed by atoms with van der Waals surface area (Å²) in [6, 6.07) is 7.06. The molecule has 7 heteroatoms. The van der Waals surface area contributed by atoms with Crippen LogP contribution in [0.5, 0.6) is 0 Å². The van der Waals surface area contributed by atoms with Crippen molar-refractivity contribution in [2.24, 2.45) is 5.16 Å². The standard InChI is InChI=1S/C14H14N4O2S/c1-20-15-8-9-2-4-10(5-3-9)12(19)16-14-18-17-13(21-14)11-6-7-11/h2-5,8,11H,6-7H2,1H3,(H,16,18,19)/b15-8+. The van der Waals surface area contributed by atoms with Crippen molar-refractivity contribution < 1.29 is 9.63 Å². The first-order valence-electron chi connectivity index (χ1n) is 6.57. The van der Waals surface area contributed by atoms with Crippen LogP contribution in [0.25, 0.3) is 0 Å². The Morgan fingerprint density at radius 2 is 2.14 bits per heavy atom. The summed E-state index contributed by atoms with van der Waals surface area (Å²) in [6.07, 6.45) is 3.93. The first-order valence-corrected chi connectivity index (χ1v) is 7.39. The van der Waals surface area contributed by atoms with Gasteiger partial charge in [-0.15, -0.1) is 10.2 Å². The molecular weight excluding hydrogens is 288 g/mol. The first-order chi connectivity index (χ1) is 10.3. The lowest BCUT2D eigenvalue weighted by atomic mass is 10.1. The Kier molecular flexibility index (Phi) is 3.92. The van der Waals surface area contributed by atoms with E-state index in [0.29, 0.717) is 16.6 Å². The third-order valence-corrected chi connectivity index (χ3v) is 4.07. The fourth-order valence-corrected chi connectivity index (χ4v) is 2.69. The summed E-state index contributed by atoms with van der Waals surface area (Å²) in [5.41, 5.74) is 1.42. The highest BCUT2D eigenvalue weighted by Crippen LogP contribution is 2.42. The minimum Gasteiger partial charge on any atom is -0.399 e. The largest absolute Gasteiger partial charge is 0.399 e. The van der Waals surface area contributed by atoms with E-state index in [9.17, 15) is 4.79 Å². The quantitative estimate of drug-likeness (QED) is 0.680. The Morgan fingerprint density at radius 3 is 2.81 bits per heavy atom. The zero-order chi connectivity index (χ0) is 14.7. The number of oxime groups is 1. The highest BCUT2D eigenvalue weighted by Gasteiger charge is 2.27. The van der Waals surface area contributed by atoms with Crippen LogP contribution in [0.2, 0.25) is 0 Å². The maximum Gasteiger partial charge on any atom is 0.257 e. The molecule has 1 aromatic carbocycles. The second-order valence-electron chi connectivity index (χ2n) is 4.71. The lowest BCUT2D eigenvalue weighted by Crippen LogP contribution is -2.11. The molecule has 21 heavy (non-hydrogen) atoms. The van der Waals surface area contributed by atoms with E-state index >= 15 is 0 Å². The highest BCUT2D eigenvalue weighted by molar-refractivity contribution is 7.15. The summed E-state index contributed by atoms with van der Waals surface area (Å²) >= 11 is 1.45. The van der Waals surface area contributed by atoms with Gasteiger partial charge in [-0.1, -0.05) is 28.6 Å². The zero-order valence-electron chi connectivity index (χ0n) is 11.4. The predicted molar refractivity (Wildman–Crippen MR) is 80.9 cm³/mol. The SMILES string of the molecule is CO/N=C/c1ccc(C(=O)Nc2nnc(C3CC3)s2)cc1. The fraction of sp³-hybridized carbons (Fsp3) is 0.286. The van der Waals surface area contributed by atoms with Gasteiger partial charge in [0.25, 0.3) is 5.91 Å². The van der Waals surface area contributed by atoms with Crippen LogP contribution < -0.4 is 5.32 Å². The van der Waals surface area contributed by atoms with E-state index < -0.39 is 0 Å². The monoisotopic (exact) mass is 302 g/mol. The van der Waals surface area contributed by atoms with Crippen molar-refractivity contribution in [1.82, 2.24) is 10.2 Å². The van der Waals surface area contributed by atoms with Crippen LogP contribution in [0, 0.1) is 0 Å². The molecule has 1 aromatic heterocycles. The molecule has 0 radical (unpaired) electrons. The molecule has 108 valence electrons. The Bertz CT molecular complexity index is 662. The molecule has 1 heterocycles. The van der Waals surface area contributed by atoms with E-state index in [2.05, 4.69) is 25.5 Å². The Hall–Kier alpha value is -2.28. The van der Waals surface area contributed by atoms with Gasteiger partial charge in [0.2, 0.25) is 5.13 Å². The summed E-state index contributed by atoms with van der Waals surface area (Å²) in [4.78, 5) is 16.7. The van der Waals surface area contributed by atoms with Gasteiger partial charge < -0.3 is 4.84 Å². The third kappa shape index (κ3) is 3.43. The predicted octanol–water partition coefficient (Wildman–Crippen LogP) is 2.65. The van der Waals surface area contributed by atoms with E-state index in [1.165, 1.54) is 31.3 Å². The molecule has 1 fully saturated rings. The number of anilines is 1. The second kappa shape index (κ2) is 6.01. The molecule has 3 rings (SSSR count). The van der Waals surface area contributed by atoms with E-state index in [0.717, 1.165) is 10.6 Å². The number of hydrogen-bond donors (Lipinski definition) is 1. The molecule has 0 bridgehead atoms. The summed E-state index contributed by atoms with van der Waals surface area (Å²) in [7, 11) is 1.48. The van der Waals surface area contributed by atoms with E-state index in [-0.39, 0.29) is 5.91 Å². The summed E-state index contributed by atoms with van der Waals surface area (Å²) in [6.45, 7) is 0. The van der Waals surface area contributed by atoms with Crippen molar-refractivity contribution in [3.05, 3.63) is 40.4 Å². The number of rotatable bonds is 5. The Labute approximate surface area is 125 Å². The van der Waals surface area contributed by atoms with Crippen LogP contribution >= 0.6 is 11.3 Å². The first kappa shape index (κ1) is 13.7. The van der Waals surface area contributed by atoms with Gasteiger partial charge in [0.1, 0.15) is 12.1 Å². The number of nitrogens with one attached hydrogen (secondary N) is 1. The lowest BCUT2D eigenvalue weighted by molar-refractivity contribution is 0.102. The average Bonchev–Trinajstić information content (AvgIpc) is 3.26. The minimum atomic E-state index is -0.191. The number of aromatic nitrogens is 2. The van der Waals surface area contributed by atoms with Crippen LogP contribution in [0.1, 0.15) is 39.7 Å². The fourth-order valence-electron chi connectivity index (χ4n) is 1.78. The smallest absolute Gasteiger partial charge is 0.257 e. The molecule has 1 saturated carbocycles. The van der Waals surface area contributed by atoms with Gasteiger partial charge >= 0.3 is 0 Å². The van der Waals surface area contributed by atoms with Crippen LogP contribution in [0.4, 0.5) is 5.13 Å². The number of carbonyl (C=O) groups is 1. The van der Waals surface area contributed by atoms with E-state index in [1.54, 1.807) is 30.5 Å². The topological polar surface area (TPSA) is 76.5 Å². The highest BCUT2D eigenvalue weighted by atomic mass is 32.1. The lowest BCUT2D eigenvalue weighted by Gasteiger charge is -2.01. The molecule has 6 nitrogen and oxygen atoms in total. The number of benzene rings is 1. The van der Waals surface area contributed by atoms with Crippen molar-refractivity contribution in [3.8, 4) is 0 Å².